The molecule has 0 bridgehead atoms. The Morgan fingerprint density at radius 1 is 1.11 bits per heavy atom. The first-order valence-corrected chi connectivity index (χ1v) is 6.89. The maximum atomic E-state index is 9.17. The molecule has 0 spiro atoms. The van der Waals surface area contributed by atoms with Gasteiger partial charge in [0, 0.05) is 10.4 Å². The number of thiophene rings is 1. The highest BCUT2D eigenvalue weighted by molar-refractivity contribution is 7.17. The lowest BCUT2D eigenvalue weighted by Gasteiger charge is -2.09. The van der Waals surface area contributed by atoms with Gasteiger partial charge in [-0.1, -0.05) is 6.07 Å². The first kappa shape index (κ1) is 11.8. The summed E-state index contributed by atoms with van der Waals surface area (Å²) in [6.45, 7) is 1.99. The molecule has 2 aromatic carbocycles. The van der Waals surface area contributed by atoms with Crippen LogP contribution in [0.3, 0.4) is 0 Å². The summed E-state index contributed by atoms with van der Waals surface area (Å²) in [6.07, 6.45) is 0. The molecule has 1 N–H and O–H groups in total. The fourth-order valence-corrected chi connectivity index (χ4v) is 2.83. The van der Waals surface area contributed by atoms with Gasteiger partial charge in [0.05, 0.1) is 11.3 Å². The number of hydrogen-bond donors (Lipinski definition) is 1. The number of rotatable bonds is 2. The minimum absolute atomic E-state index is 0.672. The van der Waals surface area contributed by atoms with E-state index in [2.05, 4.69) is 35.0 Å². The van der Waals surface area contributed by atoms with Crippen molar-refractivity contribution in [1.29, 1.82) is 5.26 Å². The number of fused-ring (bicyclic) bond motifs is 1. The monoisotopic (exact) mass is 264 g/mol. The fraction of sp³-hybridized carbons (Fsp3) is 0.0625. The second-order valence-corrected chi connectivity index (χ2v) is 5.41. The Labute approximate surface area is 115 Å². The van der Waals surface area contributed by atoms with Crippen molar-refractivity contribution in [3.05, 3.63) is 59.0 Å². The molecular weight excluding hydrogens is 252 g/mol. The number of nitriles is 1. The normalized spacial score (nSPS) is 10.3. The van der Waals surface area contributed by atoms with E-state index in [1.165, 1.54) is 10.1 Å². The molecule has 3 heteroatoms. The van der Waals surface area contributed by atoms with E-state index in [-0.39, 0.29) is 0 Å². The third-order valence-electron chi connectivity index (χ3n) is 3.03. The van der Waals surface area contributed by atoms with Gasteiger partial charge in [-0.2, -0.15) is 5.26 Å². The third kappa shape index (κ3) is 2.31. The van der Waals surface area contributed by atoms with Crippen LogP contribution < -0.4 is 5.32 Å². The molecular formula is C16H12N2S. The Morgan fingerprint density at radius 2 is 2.00 bits per heavy atom. The lowest BCUT2D eigenvalue weighted by Crippen LogP contribution is -1.93. The minimum atomic E-state index is 0.672. The quantitative estimate of drug-likeness (QED) is 0.720. The summed E-state index contributed by atoms with van der Waals surface area (Å²) in [4.78, 5) is 0. The molecule has 3 rings (SSSR count). The van der Waals surface area contributed by atoms with Crippen LogP contribution in [0.5, 0.6) is 0 Å². The molecule has 0 unspecified atom stereocenters. The van der Waals surface area contributed by atoms with Gasteiger partial charge in [0.1, 0.15) is 6.07 Å². The van der Waals surface area contributed by atoms with Crippen LogP contribution in [0.15, 0.2) is 47.8 Å². The van der Waals surface area contributed by atoms with Crippen LogP contribution in [0, 0.1) is 18.3 Å². The first-order chi connectivity index (χ1) is 9.26. The van der Waals surface area contributed by atoms with Gasteiger partial charge in [0.2, 0.25) is 0 Å². The van der Waals surface area contributed by atoms with E-state index in [9.17, 15) is 5.26 Å². The maximum Gasteiger partial charge on any atom is 0.101 e. The molecule has 0 atom stereocenters. The van der Waals surface area contributed by atoms with Crippen molar-refractivity contribution in [2.24, 2.45) is 0 Å². The Morgan fingerprint density at radius 3 is 2.84 bits per heavy atom. The zero-order chi connectivity index (χ0) is 13.2. The average molecular weight is 264 g/mol. The van der Waals surface area contributed by atoms with Gasteiger partial charge in [0.15, 0.2) is 0 Å². The number of hydrogen-bond acceptors (Lipinski definition) is 3. The highest BCUT2D eigenvalue weighted by Crippen LogP contribution is 2.27. The molecule has 0 saturated carbocycles. The van der Waals surface area contributed by atoms with Crippen molar-refractivity contribution >= 4 is 32.8 Å². The van der Waals surface area contributed by atoms with Gasteiger partial charge < -0.3 is 5.32 Å². The Bertz CT molecular complexity index is 781. The van der Waals surface area contributed by atoms with E-state index >= 15 is 0 Å². The van der Waals surface area contributed by atoms with Crippen molar-refractivity contribution in [1.82, 2.24) is 0 Å². The largest absolute Gasteiger partial charge is 0.354 e. The number of anilines is 2. The standard InChI is InChI=1S/C16H12N2S/c1-11-2-4-15(13(8-11)10-17)18-14-3-5-16-12(9-14)6-7-19-16/h2-9,18H,1H3. The molecule has 0 aliphatic rings. The van der Waals surface area contributed by atoms with Crippen LogP contribution in [-0.4, -0.2) is 0 Å². The smallest absolute Gasteiger partial charge is 0.101 e. The predicted octanol–water partition coefficient (Wildman–Crippen LogP) is 4.83. The van der Waals surface area contributed by atoms with Crippen molar-refractivity contribution in [3.8, 4) is 6.07 Å². The van der Waals surface area contributed by atoms with Crippen LogP contribution in [0.25, 0.3) is 10.1 Å². The van der Waals surface area contributed by atoms with Gasteiger partial charge in [-0.25, -0.2) is 0 Å². The molecule has 1 aromatic heterocycles. The second kappa shape index (κ2) is 4.75. The van der Waals surface area contributed by atoms with Crippen LogP contribution in [0.1, 0.15) is 11.1 Å². The summed E-state index contributed by atoms with van der Waals surface area (Å²) in [6, 6.07) is 16.4. The SMILES string of the molecule is Cc1ccc(Nc2ccc3sccc3c2)c(C#N)c1. The van der Waals surface area contributed by atoms with Crippen LogP contribution in [0.2, 0.25) is 0 Å². The average Bonchev–Trinajstić information content (AvgIpc) is 2.88. The number of aryl methyl sites for hydroxylation is 1. The van der Waals surface area contributed by atoms with Gasteiger partial charge in [-0.15, -0.1) is 11.3 Å². The summed E-state index contributed by atoms with van der Waals surface area (Å²) in [5.74, 6) is 0. The molecule has 0 radical (unpaired) electrons. The number of nitrogens with one attached hydrogen (secondary N) is 1. The molecule has 92 valence electrons. The molecule has 0 fully saturated rings. The lowest BCUT2D eigenvalue weighted by atomic mass is 10.1. The molecule has 0 aliphatic heterocycles. The van der Waals surface area contributed by atoms with Crippen molar-refractivity contribution in [3.63, 3.8) is 0 Å². The maximum absolute atomic E-state index is 9.17. The molecule has 0 aliphatic carbocycles. The Balaban J connectivity index is 1.98. The fourth-order valence-electron chi connectivity index (χ4n) is 2.06. The molecule has 0 saturated heterocycles. The second-order valence-electron chi connectivity index (χ2n) is 4.46. The first-order valence-electron chi connectivity index (χ1n) is 6.01. The lowest BCUT2D eigenvalue weighted by molar-refractivity contribution is 1.41. The highest BCUT2D eigenvalue weighted by Gasteiger charge is 2.03. The van der Waals surface area contributed by atoms with Crippen LogP contribution >= 0.6 is 11.3 Å². The highest BCUT2D eigenvalue weighted by atomic mass is 32.1. The summed E-state index contributed by atoms with van der Waals surface area (Å²) in [5, 5.41) is 15.8. The van der Waals surface area contributed by atoms with Gasteiger partial charge in [0.25, 0.3) is 0 Å². The Hall–Kier alpha value is -2.31. The minimum Gasteiger partial charge on any atom is -0.354 e. The topological polar surface area (TPSA) is 35.8 Å². The van der Waals surface area contributed by atoms with Gasteiger partial charge >= 0.3 is 0 Å². The Kier molecular flexibility index (Phi) is 2.94. The summed E-state index contributed by atoms with van der Waals surface area (Å²) in [7, 11) is 0. The van der Waals surface area contributed by atoms with Crippen molar-refractivity contribution in [2.45, 2.75) is 6.92 Å². The molecule has 3 aromatic rings. The van der Waals surface area contributed by atoms with Gasteiger partial charge in [-0.05, 0) is 59.7 Å². The summed E-state index contributed by atoms with van der Waals surface area (Å²) in [5.41, 5.74) is 3.62. The van der Waals surface area contributed by atoms with E-state index in [4.69, 9.17) is 0 Å². The van der Waals surface area contributed by atoms with E-state index in [0.29, 0.717) is 5.56 Å². The predicted molar refractivity (Wildman–Crippen MR) is 81.0 cm³/mol. The summed E-state index contributed by atoms with van der Waals surface area (Å²) < 4.78 is 1.27. The van der Waals surface area contributed by atoms with E-state index in [1.54, 1.807) is 11.3 Å². The van der Waals surface area contributed by atoms with E-state index < -0.39 is 0 Å². The zero-order valence-corrected chi connectivity index (χ0v) is 11.3. The number of nitrogens with zero attached hydrogens (tertiary/aromatic N) is 1. The van der Waals surface area contributed by atoms with Crippen LogP contribution in [0.4, 0.5) is 11.4 Å². The van der Waals surface area contributed by atoms with E-state index in [0.717, 1.165) is 16.9 Å². The third-order valence-corrected chi connectivity index (χ3v) is 3.92. The molecule has 2 nitrogen and oxygen atoms in total. The zero-order valence-electron chi connectivity index (χ0n) is 10.5. The van der Waals surface area contributed by atoms with Crippen molar-refractivity contribution in [2.75, 3.05) is 5.32 Å². The number of benzene rings is 2. The van der Waals surface area contributed by atoms with Gasteiger partial charge in [-0.3, -0.25) is 0 Å². The molecule has 1 heterocycles. The van der Waals surface area contributed by atoms with Crippen LogP contribution in [-0.2, 0) is 0 Å². The van der Waals surface area contributed by atoms with E-state index in [1.807, 2.05) is 31.2 Å². The molecule has 0 amide bonds. The molecule has 19 heavy (non-hydrogen) atoms. The summed E-state index contributed by atoms with van der Waals surface area (Å²) >= 11 is 1.73. The van der Waals surface area contributed by atoms with Crippen molar-refractivity contribution < 1.29 is 0 Å².